The van der Waals surface area contributed by atoms with E-state index >= 15 is 0 Å². The maximum atomic E-state index is 11.1. The zero-order valence-corrected chi connectivity index (χ0v) is 14.4. The highest BCUT2D eigenvalue weighted by Gasteiger charge is 2.26. The van der Waals surface area contributed by atoms with E-state index in [1.807, 2.05) is 42.5 Å². The maximum absolute atomic E-state index is 11.1. The van der Waals surface area contributed by atoms with Crippen LogP contribution in [0, 0.1) is 0 Å². The Bertz CT molecular complexity index is 983. The molecule has 130 valence electrons. The molecule has 0 atom stereocenters. The summed E-state index contributed by atoms with van der Waals surface area (Å²) in [5.74, 6) is -0.942. The lowest BCUT2D eigenvalue weighted by molar-refractivity contribution is -0.131. The fraction of sp³-hybridized carbons (Fsp3) is 0.136. The van der Waals surface area contributed by atoms with Gasteiger partial charge in [0.05, 0.1) is 0 Å². The number of hydrogen-bond acceptors (Lipinski definition) is 2. The van der Waals surface area contributed by atoms with Gasteiger partial charge in [-0.1, -0.05) is 42.5 Å². The monoisotopic (exact) mass is 344 g/mol. The van der Waals surface area contributed by atoms with Gasteiger partial charge in [-0.25, -0.2) is 4.79 Å². The highest BCUT2D eigenvalue weighted by Crippen LogP contribution is 2.43. The molecule has 4 heteroatoms. The number of carboxylic acids is 1. The van der Waals surface area contributed by atoms with E-state index in [9.17, 15) is 4.79 Å². The molecule has 2 heterocycles. The summed E-state index contributed by atoms with van der Waals surface area (Å²) in [4.78, 5) is 11.1. The molecule has 0 unspecified atom stereocenters. The van der Waals surface area contributed by atoms with Crippen molar-refractivity contribution >= 4 is 17.7 Å². The van der Waals surface area contributed by atoms with Crippen LogP contribution >= 0.6 is 0 Å². The Kier molecular flexibility index (Phi) is 4.09. The van der Waals surface area contributed by atoms with Crippen LogP contribution < -0.4 is 5.73 Å². The third-order valence-electron chi connectivity index (χ3n) is 4.85. The number of nitrogens with zero attached hydrogens (tertiary/aromatic N) is 1. The number of anilines is 1. The van der Waals surface area contributed by atoms with E-state index < -0.39 is 5.97 Å². The summed E-state index contributed by atoms with van der Waals surface area (Å²) in [6.45, 7) is 0.906. The molecule has 0 spiro atoms. The second kappa shape index (κ2) is 6.56. The average molecular weight is 344 g/mol. The summed E-state index contributed by atoms with van der Waals surface area (Å²) >= 11 is 0. The topological polar surface area (TPSA) is 68.2 Å². The van der Waals surface area contributed by atoms with Gasteiger partial charge in [0.2, 0.25) is 0 Å². The number of benzene rings is 2. The molecule has 1 aromatic heterocycles. The van der Waals surface area contributed by atoms with E-state index in [2.05, 4.69) is 16.7 Å². The van der Waals surface area contributed by atoms with Crippen LogP contribution in [0.1, 0.15) is 17.8 Å². The molecule has 0 aliphatic carbocycles. The molecule has 0 amide bonds. The largest absolute Gasteiger partial charge is 0.478 e. The molecule has 0 bridgehead atoms. The van der Waals surface area contributed by atoms with Gasteiger partial charge in [-0.15, -0.1) is 0 Å². The van der Waals surface area contributed by atoms with Crippen LogP contribution in [0.4, 0.5) is 5.69 Å². The van der Waals surface area contributed by atoms with Crippen molar-refractivity contribution in [2.45, 2.75) is 19.4 Å². The lowest BCUT2D eigenvalue weighted by Gasteiger charge is -2.09. The summed E-state index contributed by atoms with van der Waals surface area (Å²) in [7, 11) is 0. The molecular weight excluding hydrogens is 324 g/mol. The number of aromatic nitrogens is 1. The minimum Gasteiger partial charge on any atom is -0.478 e. The highest BCUT2D eigenvalue weighted by molar-refractivity contribution is 5.94. The number of hydrogen-bond donors (Lipinski definition) is 2. The Morgan fingerprint density at radius 2 is 1.69 bits per heavy atom. The first-order valence-corrected chi connectivity index (χ1v) is 8.73. The minimum absolute atomic E-state index is 0.712. The first-order chi connectivity index (χ1) is 12.6. The van der Waals surface area contributed by atoms with Crippen LogP contribution in [0.15, 0.2) is 60.7 Å². The van der Waals surface area contributed by atoms with Crippen molar-refractivity contribution in [1.29, 1.82) is 0 Å². The minimum atomic E-state index is -0.942. The molecule has 3 aromatic rings. The van der Waals surface area contributed by atoms with Crippen molar-refractivity contribution in [3.63, 3.8) is 0 Å². The molecule has 26 heavy (non-hydrogen) atoms. The summed E-state index contributed by atoms with van der Waals surface area (Å²) in [5, 5.41) is 9.13. The lowest BCUT2D eigenvalue weighted by Crippen LogP contribution is -1.97. The van der Waals surface area contributed by atoms with Crippen molar-refractivity contribution < 1.29 is 9.90 Å². The molecule has 1 aliphatic heterocycles. The first-order valence-electron chi connectivity index (χ1n) is 8.73. The Labute approximate surface area is 152 Å². The Balaban J connectivity index is 2.02. The number of rotatable bonds is 4. The van der Waals surface area contributed by atoms with Gasteiger partial charge in [-0.3, -0.25) is 0 Å². The van der Waals surface area contributed by atoms with Crippen molar-refractivity contribution in [1.82, 2.24) is 4.57 Å². The Morgan fingerprint density at radius 3 is 2.38 bits per heavy atom. The SMILES string of the molecule is Nc1ccc(-c2c(-c3ccccc3)c3n(c2/C=C/C(=O)O)CCC3)cc1. The van der Waals surface area contributed by atoms with Gasteiger partial charge in [-0.2, -0.15) is 0 Å². The van der Waals surface area contributed by atoms with E-state index in [1.54, 1.807) is 6.08 Å². The van der Waals surface area contributed by atoms with Gasteiger partial charge in [-0.05, 0) is 42.2 Å². The summed E-state index contributed by atoms with van der Waals surface area (Å²) in [6, 6.07) is 18.1. The number of fused-ring (bicyclic) bond motifs is 1. The summed E-state index contributed by atoms with van der Waals surface area (Å²) < 4.78 is 2.26. The van der Waals surface area contributed by atoms with Crippen LogP contribution in [0.2, 0.25) is 0 Å². The Morgan fingerprint density at radius 1 is 1.00 bits per heavy atom. The zero-order valence-electron chi connectivity index (χ0n) is 14.4. The molecule has 0 fully saturated rings. The maximum Gasteiger partial charge on any atom is 0.328 e. The van der Waals surface area contributed by atoms with Crippen LogP contribution in [0.5, 0.6) is 0 Å². The predicted octanol–water partition coefficient (Wildman–Crippen LogP) is 4.45. The van der Waals surface area contributed by atoms with Gasteiger partial charge in [0.25, 0.3) is 0 Å². The normalized spacial score (nSPS) is 13.2. The predicted molar refractivity (Wildman–Crippen MR) is 105 cm³/mol. The lowest BCUT2D eigenvalue weighted by atomic mass is 9.93. The smallest absolute Gasteiger partial charge is 0.328 e. The van der Waals surface area contributed by atoms with E-state index in [1.165, 1.54) is 17.3 Å². The van der Waals surface area contributed by atoms with Crippen LogP contribution in [0.25, 0.3) is 28.3 Å². The van der Waals surface area contributed by atoms with Crippen LogP contribution in [-0.4, -0.2) is 15.6 Å². The Hall–Kier alpha value is -3.27. The van der Waals surface area contributed by atoms with Crippen molar-refractivity contribution in [3.8, 4) is 22.3 Å². The molecule has 0 saturated heterocycles. The van der Waals surface area contributed by atoms with Crippen LogP contribution in [-0.2, 0) is 17.8 Å². The van der Waals surface area contributed by atoms with Crippen molar-refractivity contribution in [2.24, 2.45) is 0 Å². The number of aliphatic carboxylic acids is 1. The van der Waals surface area contributed by atoms with Gasteiger partial charge in [0.15, 0.2) is 0 Å². The third kappa shape index (κ3) is 2.80. The van der Waals surface area contributed by atoms with Crippen molar-refractivity contribution in [2.75, 3.05) is 5.73 Å². The first kappa shape index (κ1) is 16.2. The number of carbonyl (C=O) groups is 1. The average Bonchev–Trinajstić information content (AvgIpc) is 3.22. The molecular formula is C22H20N2O2. The van der Waals surface area contributed by atoms with E-state index in [0.29, 0.717) is 5.69 Å². The molecule has 2 aromatic carbocycles. The summed E-state index contributed by atoms with van der Waals surface area (Å²) in [5.41, 5.74) is 13.3. The van der Waals surface area contributed by atoms with Gasteiger partial charge in [0, 0.05) is 40.8 Å². The number of nitrogen functional groups attached to an aromatic ring is 1. The van der Waals surface area contributed by atoms with Gasteiger partial charge < -0.3 is 15.4 Å². The van der Waals surface area contributed by atoms with Gasteiger partial charge in [0.1, 0.15) is 0 Å². The number of nitrogens with two attached hydrogens (primary N) is 1. The van der Waals surface area contributed by atoms with E-state index in [-0.39, 0.29) is 0 Å². The second-order valence-electron chi connectivity index (χ2n) is 6.50. The molecule has 4 nitrogen and oxygen atoms in total. The van der Waals surface area contributed by atoms with E-state index in [0.717, 1.165) is 41.8 Å². The molecule has 3 N–H and O–H groups in total. The standard InChI is InChI=1S/C22H20N2O2/c23-17-10-8-16(9-11-17)22-19(12-13-20(25)26)24-14-4-7-18(24)21(22)15-5-2-1-3-6-15/h1-3,5-6,8-13H,4,7,14,23H2,(H,25,26)/b13-12+. The summed E-state index contributed by atoms with van der Waals surface area (Å²) in [6.07, 6.45) is 5.00. The molecule has 4 rings (SSSR count). The zero-order chi connectivity index (χ0) is 18.1. The highest BCUT2D eigenvalue weighted by atomic mass is 16.4. The van der Waals surface area contributed by atoms with E-state index in [4.69, 9.17) is 10.8 Å². The number of carboxylic acid groups (broad SMARTS) is 1. The van der Waals surface area contributed by atoms with Gasteiger partial charge >= 0.3 is 5.97 Å². The molecule has 1 aliphatic rings. The van der Waals surface area contributed by atoms with Crippen molar-refractivity contribution in [3.05, 3.63) is 72.1 Å². The second-order valence-corrected chi connectivity index (χ2v) is 6.50. The van der Waals surface area contributed by atoms with Crippen LogP contribution in [0.3, 0.4) is 0 Å². The fourth-order valence-electron chi connectivity index (χ4n) is 3.79. The quantitative estimate of drug-likeness (QED) is 0.543. The molecule has 0 radical (unpaired) electrons. The molecule has 0 saturated carbocycles. The fourth-order valence-corrected chi connectivity index (χ4v) is 3.79. The third-order valence-corrected chi connectivity index (χ3v) is 4.85.